The van der Waals surface area contributed by atoms with E-state index in [0.717, 1.165) is 11.4 Å². The Morgan fingerprint density at radius 1 is 1.54 bits per heavy atom. The Hall–Kier alpha value is -1.29. The van der Waals surface area contributed by atoms with Gasteiger partial charge in [-0.15, -0.1) is 0 Å². The first-order chi connectivity index (χ1) is 6.24. The molecular weight excluding hydrogens is 184 g/mol. The summed E-state index contributed by atoms with van der Waals surface area (Å²) in [6, 6.07) is 7.52. The van der Waals surface area contributed by atoms with Gasteiger partial charge in [-0.05, 0) is 31.3 Å². The van der Waals surface area contributed by atoms with Gasteiger partial charge >= 0.3 is 0 Å². The van der Waals surface area contributed by atoms with Crippen LogP contribution in [0.25, 0.3) is 0 Å². The molecule has 3 nitrogen and oxygen atoms in total. The number of benzene rings is 1. The van der Waals surface area contributed by atoms with Crippen molar-refractivity contribution in [2.75, 3.05) is 11.9 Å². The van der Waals surface area contributed by atoms with Gasteiger partial charge in [-0.3, -0.25) is 0 Å². The van der Waals surface area contributed by atoms with Gasteiger partial charge in [0.25, 0.3) is 0 Å². The molecule has 0 spiro atoms. The molecule has 0 aliphatic carbocycles. The molecule has 0 atom stereocenters. The Labute approximate surface area is 82.9 Å². The zero-order chi connectivity index (χ0) is 9.68. The minimum Gasteiger partial charge on any atom is -0.492 e. The molecule has 4 heteroatoms. The van der Waals surface area contributed by atoms with Crippen LogP contribution in [0.1, 0.15) is 6.92 Å². The molecule has 70 valence electrons. The monoisotopic (exact) mass is 196 g/mol. The number of thiocarbonyl (C=S) groups is 1. The standard InChI is InChI=1S/C9H12N2OS/c1-2-12-8-6-4-3-5-7(8)11-9(10)13/h3-6H,2H2,1H3,(H3,10,11,13). The van der Waals surface area contributed by atoms with E-state index in [1.807, 2.05) is 31.2 Å². The quantitative estimate of drug-likeness (QED) is 0.723. The highest BCUT2D eigenvalue weighted by molar-refractivity contribution is 7.80. The molecule has 0 aliphatic heterocycles. The van der Waals surface area contributed by atoms with Crippen molar-refractivity contribution < 1.29 is 4.74 Å². The summed E-state index contributed by atoms with van der Waals surface area (Å²) >= 11 is 4.73. The molecule has 1 aromatic rings. The van der Waals surface area contributed by atoms with Gasteiger partial charge in [0.15, 0.2) is 5.11 Å². The Bertz CT molecular complexity index is 301. The summed E-state index contributed by atoms with van der Waals surface area (Å²) in [5, 5.41) is 3.09. The van der Waals surface area contributed by atoms with Crippen LogP contribution in [-0.2, 0) is 0 Å². The summed E-state index contributed by atoms with van der Waals surface area (Å²) in [4.78, 5) is 0. The summed E-state index contributed by atoms with van der Waals surface area (Å²) < 4.78 is 5.36. The van der Waals surface area contributed by atoms with Crippen LogP contribution in [0.3, 0.4) is 0 Å². The van der Waals surface area contributed by atoms with Crippen LogP contribution >= 0.6 is 12.2 Å². The van der Waals surface area contributed by atoms with Crippen molar-refractivity contribution in [3.8, 4) is 5.75 Å². The van der Waals surface area contributed by atoms with Gasteiger partial charge < -0.3 is 15.8 Å². The molecule has 0 heterocycles. The molecule has 0 saturated heterocycles. The molecule has 0 bridgehead atoms. The number of anilines is 1. The molecule has 0 unspecified atom stereocenters. The Kier molecular flexibility index (Phi) is 3.52. The molecule has 1 aromatic carbocycles. The zero-order valence-electron chi connectivity index (χ0n) is 7.41. The van der Waals surface area contributed by atoms with Crippen LogP contribution in [0.2, 0.25) is 0 Å². The van der Waals surface area contributed by atoms with Crippen LogP contribution in [0.5, 0.6) is 5.75 Å². The third-order valence-electron chi connectivity index (χ3n) is 1.44. The van der Waals surface area contributed by atoms with E-state index in [4.69, 9.17) is 22.7 Å². The lowest BCUT2D eigenvalue weighted by Crippen LogP contribution is -2.19. The van der Waals surface area contributed by atoms with Crippen LogP contribution in [0.4, 0.5) is 5.69 Å². The van der Waals surface area contributed by atoms with E-state index in [2.05, 4.69) is 5.32 Å². The van der Waals surface area contributed by atoms with E-state index in [9.17, 15) is 0 Å². The third-order valence-corrected chi connectivity index (χ3v) is 1.55. The second-order valence-electron chi connectivity index (χ2n) is 2.42. The number of hydrogen-bond donors (Lipinski definition) is 2. The van der Waals surface area contributed by atoms with Gasteiger partial charge in [0.1, 0.15) is 5.75 Å². The fraction of sp³-hybridized carbons (Fsp3) is 0.222. The summed E-state index contributed by atoms with van der Waals surface area (Å²) in [5.74, 6) is 0.762. The second-order valence-corrected chi connectivity index (χ2v) is 2.86. The number of nitrogens with two attached hydrogens (primary N) is 1. The maximum atomic E-state index is 5.36. The lowest BCUT2D eigenvalue weighted by Gasteiger charge is -2.10. The fourth-order valence-corrected chi connectivity index (χ4v) is 1.09. The first-order valence-corrected chi connectivity index (χ1v) is 4.43. The van der Waals surface area contributed by atoms with Crippen LogP contribution < -0.4 is 15.8 Å². The minimum atomic E-state index is 0.243. The van der Waals surface area contributed by atoms with Crippen LogP contribution in [-0.4, -0.2) is 11.7 Å². The summed E-state index contributed by atoms with van der Waals surface area (Å²) in [6.07, 6.45) is 0. The second kappa shape index (κ2) is 4.67. The van der Waals surface area contributed by atoms with Gasteiger partial charge in [0, 0.05) is 0 Å². The number of ether oxygens (including phenoxy) is 1. The summed E-state index contributed by atoms with van der Waals surface area (Å²) in [6.45, 7) is 2.55. The van der Waals surface area contributed by atoms with Gasteiger partial charge in [-0.25, -0.2) is 0 Å². The van der Waals surface area contributed by atoms with E-state index in [1.54, 1.807) is 0 Å². The molecule has 0 aromatic heterocycles. The molecule has 1 rings (SSSR count). The van der Waals surface area contributed by atoms with Crippen molar-refractivity contribution >= 4 is 23.0 Å². The van der Waals surface area contributed by atoms with Crippen molar-refractivity contribution in [3.05, 3.63) is 24.3 Å². The molecule has 0 radical (unpaired) electrons. The van der Waals surface area contributed by atoms with Gasteiger partial charge in [-0.2, -0.15) is 0 Å². The molecule has 13 heavy (non-hydrogen) atoms. The fourth-order valence-electron chi connectivity index (χ4n) is 0.984. The zero-order valence-corrected chi connectivity index (χ0v) is 8.23. The van der Waals surface area contributed by atoms with Crippen molar-refractivity contribution in [1.29, 1.82) is 0 Å². The highest BCUT2D eigenvalue weighted by Crippen LogP contribution is 2.23. The normalized spacial score (nSPS) is 9.31. The van der Waals surface area contributed by atoms with Crippen molar-refractivity contribution in [2.24, 2.45) is 5.73 Å². The Morgan fingerprint density at radius 2 is 2.23 bits per heavy atom. The maximum Gasteiger partial charge on any atom is 0.168 e. The molecule has 0 fully saturated rings. The average molecular weight is 196 g/mol. The van der Waals surface area contributed by atoms with Crippen molar-refractivity contribution in [1.82, 2.24) is 0 Å². The SMILES string of the molecule is CCOc1ccccc1NC(N)=S. The first-order valence-electron chi connectivity index (χ1n) is 4.02. The Morgan fingerprint density at radius 3 is 2.85 bits per heavy atom. The van der Waals surface area contributed by atoms with Gasteiger partial charge in [0.05, 0.1) is 12.3 Å². The number of nitrogens with one attached hydrogen (secondary N) is 1. The molecular formula is C9H12N2OS. The van der Waals surface area contributed by atoms with E-state index >= 15 is 0 Å². The number of rotatable bonds is 3. The minimum absolute atomic E-state index is 0.243. The maximum absolute atomic E-state index is 5.36. The predicted octanol–water partition coefficient (Wildman–Crippen LogP) is 1.74. The smallest absolute Gasteiger partial charge is 0.168 e. The predicted molar refractivity (Wildman–Crippen MR) is 58.0 cm³/mol. The topological polar surface area (TPSA) is 47.3 Å². The van der Waals surface area contributed by atoms with Crippen molar-refractivity contribution in [2.45, 2.75) is 6.92 Å². The largest absolute Gasteiger partial charge is 0.492 e. The summed E-state index contributed by atoms with van der Waals surface area (Å²) in [7, 11) is 0. The van der Waals surface area contributed by atoms with E-state index < -0.39 is 0 Å². The average Bonchev–Trinajstić information content (AvgIpc) is 2.08. The summed E-state index contributed by atoms with van der Waals surface area (Å²) in [5.41, 5.74) is 6.16. The van der Waals surface area contributed by atoms with Crippen molar-refractivity contribution in [3.63, 3.8) is 0 Å². The van der Waals surface area contributed by atoms with Gasteiger partial charge in [-0.1, -0.05) is 12.1 Å². The van der Waals surface area contributed by atoms with E-state index in [0.29, 0.717) is 6.61 Å². The first kappa shape index (κ1) is 9.80. The highest BCUT2D eigenvalue weighted by Gasteiger charge is 2.01. The lowest BCUT2D eigenvalue weighted by atomic mass is 10.3. The number of para-hydroxylation sites is 2. The van der Waals surface area contributed by atoms with Gasteiger partial charge in [0.2, 0.25) is 0 Å². The Balaban J connectivity index is 2.84. The van der Waals surface area contributed by atoms with Crippen LogP contribution in [0.15, 0.2) is 24.3 Å². The third kappa shape index (κ3) is 2.91. The lowest BCUT2D eigenvalue weighted by molar-refractivity contribution is 0.342. The van der Waals surface area contributed by atoms with E-state index in [-0.39, 0.29) is 5.11 Å². The van der Waals surface area contributed by atoms with E-state index in [1.165, 1.54) is 0 Å². The molecule has 3 N–H and O–H groups in total. The molecule has 0 amide bonds. The molecule has 0 saturated carbocycles. The highest BCUT2D eigenvalue weighted by atomic mass is 32.1. The van der Waals surface area contributed by atoms with Crippen LogP contribution in [0, 0.1) is 0 Å². The molecule has 0 aliphatic rings. The number of hydrogen-bond acceptors (Lipinski definition) is 2.